The monoisotopic (exact) mass is 191 g/mol. The van der Waals surface area contributed by atoms with Crippen LogP contribution in [0.1, 0.15) is 19.8 Å². The summed E-state index contributed by atoms with van der Waals surface area (Å²) < 4.78 is 10.9. The number of aliphatic imine (C=N–C) groups is 1. The minimum Gasteiger partial charge on any atom is -0.260 e. The van der Waals surface area contributed by atoms with Crippen molar-refractivity contribution < 1.29 is 4.21 Å². The first-order chi connectivity index (χ1) is 5.31. The predicted octanol–water partition coefficient (Wildman–Crippen LogP) is 1.64. The maximum absolute atomic E-state index is 10.9. The van der Waals surface area contributed by atoms with Crippen LogP contribution in [-0.2, 0) is 10.8 Å². The molecule has 0 bridgehead atoms. The first kappa shape index (κ1) is 11.0. The third-order valence-corrected chi connectivity index (χ3v) is 2.80. The number of isothiocyanates is 1. The Bertz CT molecular complexity index is 164. The summed E-state index contributed by atoms with van der Waals surface area (Å²) in [6, 6.07) is 0. The molecule has 0 aromatic heterocycles. The standard InChI is InChI=1S/C7H13NOS2/c1-2-11(9)6-4-3-5-8-7-10/h2-6H2,1H3. The maximum Gasteiger partial charge on any atom is 0.0584 e. The fourth-order valence-electron chi connectivity index (χ4n) is 0.644. The molecule has 11 heavy (non-hydrogen) atoms. The first-order valence-electron chi connectivity index (χ1n) is 3.70. The highest BCUT2D eigenvalue weighted by molar-refractivity contribution is 7.84. The molecule has 0 heterocycles. The molecule has 0 radical (unpaired) electrons. The van der Waals surface area contributed by atoms with Crippen molar-refractivity contribution in [3.05, 3.63) is 0 Å². The molecule has 64 valence electrons. The van der Waals surface area contributed by atoms with Crippen molar-refractivity contribution in [2.75, 3.05) is 18.1 Å². The molecule has 0 aliphatic carbocycles. The van der Waals surface area contributed by atoms with E-state index in [0.717, 1.165) is 30.9 Å². The highest BCUT2D eigenvalue weighted by atomic mass is 32.2. The number of unbranched alkanes of at least 4 members (excludes halogenated alkanes) is 1. The van der Waals surface area contributed by atoms with Gasteiger partial charge in [0.1, 0.15) is 0 Å². The van der Waals surface area contributed by atoms with Gasteiger partial charge in [-0.05, 0) is 25.1 Å². The Morgan fingerprint density at radius 1 is 1.55 bits per heavy atom. The van der Waals surface area contributed by atoms with Gasteiger partial charge >= 0.3 is 0 Å². The van der Waals surface area contributed by atoms with Gasteiger partial charge in [-0.1, -0.05) is 6.92 Å². The summed E-state index contributed by atoms with van der Waals surface area (Å²) in [6.07, 6.45) is 1.94. The summed E-state index contributed by atoms with van der Waals surface area (Å²) in [4.78, 5) is 3.76. The average Bonchev–Trinajstić information content (AvgIpc) is 2.04. The zero-order chi connectivity index (χ0) is 8.53. The molecule has 0 rings (SSSR count). The van der Waals surface area contributed by atoms with Gasteiger partial charge in [-0.25, -0.2) is 4.99 Å². The Labute approximate surface area is 75.6 Å². The van der Waals surface area contributed by atoms with E-state index in [2.05, 4.69) is 22.4 Å². The summed E-state index contributed by atoms with van der Waals surface area (Å²) in [6.45, 7) is 2.66. The largest absolute Gasteiger partial charge is 0.260 e. The normalized spacial score (nSPS) is 12.1. The summed E-state index contributed by atoms with van der Waals surface area (Å²) in [5, 5.41) is 2.30. The predicted molar refractivity (Wildman–Crippen MR) is 52.7 cm³/mol. The second-order valence-electron chi connectivity index (χ2n) is 2.11. The van der Waals surface area contributed by atoms with Crippen LogP contribution < -0.4 is 0 Å². The fourth-order valence-corrected chi connectivity index (χ4v) is 1.55. The van der Waals surface area contributed by atoms with Crippen molar-refractivity contribution in [2.45, 2.75) is 19.8 Å². The van der Waals surface area contributed by atoms with Crippen molar-refractivity contribution in [3.63, 3.8) is 0 Å². The first-order valence-corrected chi connectivity index (χ1v) is 5.59. The van der Waals surface area contributed by atoms with E-state index >= 15 is 0 Å². The van der Waals surface area contributed by atoms with E-state index in [1.165, 1.54) is 0 Å². The Morgan fingerprint density at radius 2 is 2.27 bits per heavy atom. The van der Waals surface area contributed by atoms with Gasteiger partial charge in [0.05, 0.1) is 5.16 Å². The topological polar surface area (TPSA) is 29.4 Å². The van der Waals surface area contributed by atoms with E-state index in [1.54, 1.807) is 0 Å². The van der Waals surface area contributed by atoms with Crippen LogP contribution in [0.15, 0.2) is 4.99 Å². The molecule has 0 aliphatic rings. The van der Waals surface area contributed by atoms with Crippen molar-refractivity contribution in [2.24, 2.45) is 4.99 Å². The Kier molecular flexibility index (Phi) is 8.01. The number of rotatable bonds is 6. The molecule has 0 aromatic carbocycles. The lowest BCUT2D eigenvalue weighted by Crippen LogP contribution is -1.99. The molecule has 0 saturated carbocycles. The van der Waals surface area contributed by atoms with Crippen LogP contribution in [0.3, 0.4) is 0 Å². The molecule has 0 aromatic rings. The number of nitrogens with zero attached hydrogens (tertiary/aromatic N) is 1. The molecule has 1 atom stereocenters. The molecule has 0 saturated heterocycles. The second kappa shape index (κ2) is 8.05. The molecule has 2 nitrogen and oxygen atoms in total. The number of thiocarbonyl (C=S) groups is 1. The SMILES string of the molecule is CCS(=O)CCCCN=C=S. The fraction of sp³-hybridized carbons (Fsp3) is 0.857. The summed E-state index contributed by atoms with van der Waals surface area (Å²) in [5.74, 6) is 1.56. The minimum absolute atomic E-state index is 0.621. The van der Waals surface area contributed by atoms with Gasteiger partial charge in [-0.2, -0.15) is 0 Å². The summed E-state index contributed by atoms with van der Waals surface area (Å²) in [7, 11) is -0.621. The molecule has 0 aliphatic heterocycles. The number of hydrogen-bond donors (Lipinski definition) is 0. The molecule has 0 N–H and O–H groups in total. The van der Waals surface area contributed by atoms with Crippen LogP contribution in [-0.4, -0.2) is 27.4 Å². The molecule has 0 fully saturated rings. The minimum atomic E-state index is -0.621. The van der Waals surface area contributed by atoms with Crippen LogP contribution in [0.2, 0.25) is 0 Å². The van der Waals surface area contributed by atoms with Gasteiger partial charge in [0.15, 0.2) is 0 Å². The number of hydrogen-bond acceptors (Lipinski definition) is 3. The smallest absolute Gasteiger partial charge is 0.0584 e. The van der Waals surface area contributed by atoms with Gasteiger partial charge in [-0.3, -0.25) is 4.21 Å². The quantitative estimate of drug-likeness (QED) is 0.363. The zero-order valence-electron chi connectivity index (χ0n) is 6.71. The van der Waals surface area contributed by atoms with E-state index in [-0.39, 0.29) is 0 Å². The van der Waals surface area contributed by atoms with Crippen molar-refractivity contribution >= 4 is 28.2 Å². The summed E-state index contributed by atoms with van der Waals surface area (Å²) in [5.41, 5.74) is 0. The van der Waals surface area contributed by atoms with E-state index in [4.69, 9.17) is 0 Å². The second-order valence-corrected chi connectivity index (χ2v) is 4.16. The highest BCUT2D eigenvalue weighted by Gasteiger charge is 1.93. The van der Waals surface area contributed by atoms with Crippen LogP contribution >= 0.6 is 12.2 Å². The van der Waals surface area contributed by atoms with E-state index < -0.39 is 10.8 Å². The molecular formula is C7H13NOS2. The molecular weight excluding hydrogens is 178 g/mol. The van der Waals surface area contributed by atoms with Crippen LogP contribution in [0.25, 0.3) is 0 Å². The van der Waals surface area contributed by atoms with Gasteiger partial charge in [0.25, 0.3) is 0 Å². The molecule has 0 amide bonds. The van der Waals surface area contributed by atoms with Gasteiger partial charge in [0, 0.05) is 28.9 Å². The third-order valence-electron chi connectivity index (χ3n) is 1.28. The lowest BCUT2D eigenvalue weighted by Gasteiger charge is -1.95. The molecule has 4 heteroatoms. The highest BCUT2D eigenvalue weighted by Crippen LogP contribution is 1.92. The van der Waals surface area contributed by atoms with Gasteiger partial charge in [-0.15, -0.1) is 0 Å². The van der Waals surface area contributed by atoms with E-state index in [0.29, 0.717) is 0 Å². The van der Waals surface area contributed by atoms with Gasteiger partial charge < -0.3 is 0 Å². The Balaban J connectivity index is 3.14. The van der Waals surface area contributed by atoms with Crippen molar-refractivity contribution in [1.82, 2.24) is 0 Å². The Morgan fingerprint density at radius 3 is 2.82 bits per heavy atom. The maximum atomic E-state index is 10.9. The van der Waals surface area contributed by atoms with Crippen LogP contribution in [0.5, 0.6) is 0 Å². The van der Waals surface area contributed by atoms with Crippen molar-refractivity contribution in [1.29, 1.82) is 0 Å². The van der Waals surface area contributed by atoms with Crippen LogP contribution in [0, 0.1) is 0 Å². The lowest BCUT2D eigenvalue weighted by molar-refractivity contribution is 0.679. The zero-order valence-corrected chi connectivity index (χ0v) is 8.34. The third kappa shape index (κ3) is 7.85. The molecule has 1 unspecified atom stereocenters. The van der Waals surface area contributed by atoms with E-state index in [1.807, 2.05) is 6.92 Å². The average molecular weight is 191 g/mol. The van der Waals surface area contributed by atoms with Gasteiger partial charge in [0.2, 0.25) is 0 Å². The van der Waals surface area contributed by atoms with Crippen LogP contribution in [0.4, 0.5) is 0 Å². The Hall–Kier alpha value is -0.0500. The molecule has 0 spiro atoms. The van der Waals surface area contributed by atoms with Crippen molar-refractivity contribution in [3.8, 4) is 0 Å². The van der Waals surface area contributed by atoms with E-state index in [9.17, 15) is 4.21 Å². The lowest BCUT2D eigenvalue weighted by atomic mass is 10.3. The summed E-state index contributed by atoms with van der Waals surface area (Å²) >= 11 is 4.40.